The van der Waals surface area contributed by atoms with Crippen molar-refractivity contribution in [2.75, 3.05) is 13.2 Å². The molecule has 0 aromatic rings. The fourth-order valence-electron chi connectivity index (χ4n) is 11.7. The van der Waals surface area contributed by atoms with E-state index in [0.29, 0.717) is 25.9 Å². The van der Waals surface area contributed by atoms with Crippen LogP contribution in [0.2, 0.25) is 0 Å². The molecule has 0 saturated heterocycles. The fourth-order valence-corrected chi connectivity index (χ4v) is 11.7. The van der Waals surface area contributed by atoms with E-state index in [-0.39, 0.29) is 18.5 Å². The third kappa shape index (κ3) is 65.5. The van der Waals surface area contributed by atoms with Gasteiger partial charge in [-0.25, -0.2) is 0 Å². The van der Waals surface area contributed by atoms with Crippen LogP contribution in [0.1, 0.15) is 412 Å². The Morgan fingerprint density at radius 1 is 0.350 bits per heavy atom. The molecule has 0 aliphatic carbocycles. The fraction of sp³-hybridized carbons (Fsp3) is 0.919. The van der Waals surface area contributed by atoms with Crippen LogP contribution in [0.15, 0.2) is 24.3 Å². The Morgan fingerprint density at radius 3 is 0.950 bits per heavy atom. The molecule has 0 radical (unpaired) electrons. The van der Waals surface area contributed by atoms with Crippen LogP contribution in [-0.4, -0.2) is 47.4 Å². The summed E-state index contributed by atoms with van der Waals surface area (Å²) in [4.78, 5) is 24.6. The van der Waals surface area contributed by atoms with Gasteiger partial charge in [-0.2, -0.15) is 0 Å². The number of aliphatic hydroxyl groups is 2. The van der Waals surface area contributed by atoms with Crippen LogP contribution < -0.4 is 5.32 Å². The zero-order valence-corrected chi connectivity index (χ0v) is 54.3. The minimum absolute atomic E-state index is 0.0300. The van der Waals surface area contributed by atoms with Gasteiger partial charge in [0.1, 0.15) is 0 Å². The van der Waals surface area contributed by atoms with Gasteiger partial charge in [-0.3, -0.25) is 9.59 Å². The molecule has 1 amide bonds. The highest BCUT2D eigenvalue weighted by Crippen LogP contribution is 2.19. The summed E-state index contributed by atoms with van der Waals surface area (Å²) in [6, 6.07) is -0.547. The molecule has 6 heteroatoms. The third-order valence-corrected chi connectivity index (χ3v) is 17.3. The van der Waals surface area contributed by atoms with Crippen molar-refractivity contribution < 1.29 is 24.5 Å². The summed E-state index contributed by atoms with van der Waals surface area (Å²) in [6.07, 6.45) is 88.2. The molecular formula is C74H143NO5. The molecule has 0 aliphatic heterocycles. The molecule has 2 unspecified atom stereocenters. The molecule has 0 rings (SSSR count). The number of aliphatic hydroxyl groups excluding tert-OH is 2. The van der Waals surface area contributed by atoms with Gasteiger partial charge in [-0.15, -0.1) is 0 Å². The largest absolute Gasteiger partial charge is 0.465 e. The molecule has 0 aromatic carbocycles. The Labute approximate surface area is 501 Å². The molecule has 0 spiro atoms. The molecule has 3 N–H and O–H groups in total. The molecule has 6 nitrogen and oxygen atoms in total. The maximum absolute atomic E-state index is 12.6. The van der Waals surface area contributed by atoms with E-state index >= 15 is 0 Å². The van der Waals surface area contributed by atoms with Gasteiger partial charge in [-0.05, 0) is 44.9 Å². The lowest BCUT2D eigenvalue weighted by Gasteiger charge is -2.22. The van der Waals surface area contributed by atoms with Crippen molar-refractivity contribution in [1.29, 1.82) is 0 Å². The van der Waals surface area contributed by atoms with Crippen molar-refractivity contribution in [2.45, 2.75) is 424 Å². The van der Waals surface area contributed by atoms with E-state index in [9.17, 15) is 19.8 Å². The van der Waals surface area contributed by atoms with Crippen molar-refractivity contribution in [1.82, 2.24) is 5.32 Å². The summed E-state index contributed by atoms with van der Waals surface area (Å²) in [6.45, 7) is 4.89. The minimum atomic E-state index is -0.669. The summed E-state index contributed by atoms with van der Waals surface area (Å²) in [5, 5.41) is 23.5. The van der Waals surface area contributed by atoms with Gasteiger partial charge in [0.2, 0.25) is 5.91 Å². The Hall–Kier alpha value is -1.66. The molecule has 0 heterocycles. The first-order valence-corrected chi connectivity index (χ1v) is 36.6. The second-order valence-electron chi connectivity index (χ2n) is 25.3. The number of carbonyl (C=O) groups excluding carboxylic acids is 2. The molecule has 2 atom stereocenters. The average Bonchev–Trinajstić information content (AvgIpc) is 3.46. The first-order chi connectivity index (χ1) is 39.5. The van der Waals surface area contributed by atoms with E-state index in [1.54, 1.807) is 0 Å². The maximum atomic E-state index is 12.6. The van der Waals surface area contributed by atoms with Crippen molar-refractivity contribution >= 4 is 11.9 Å². The Bertz CT molecular complexity index is 1250. The molecule has 0 fully saturated rings. The smallest absolute Gasteiger partial charge is 0.305 e. The summed E-state index contributed by atoms with van der Waals surface area (Å²) in [5.74, 6) is -0.0646. The van der Waals surface area contributed by atoms with Crippen LogP contribution in [0.3, 0.4) is 0 Å². The monoisotopic (exact) mass is 1130 g/mol. The highest BCUT2D eigenvalue weighted by atomic mass is 16.5. The van der Waals surface area contributed by atoms with E-state index in [1.807, 2.05) is 0 Å². The summed E-state index contributed by atoms with van der Waals surface area (Å²) in [7, 11) is 0. The number of esters is 1. The quantitative estimate of drug-likeness (QED) is 0.0320. The second kappa shape index (κ2) is 69.8. The first-order valence-electron chi connectivity index (χ1n) is 36.6. The number of carbonyl (C=O) groups is 2. The highest BCUT2D eigenvalue weighted by Gasteiger charge is 2.20. The average molecular weight is 1130 g/mol. The van der Waals surface area contributed by atoms with Crippen molar-refractivity contribution in [2.24, 2.45) is 0 Å². The molecule has 0 aromatic heterocycles. The normalized spacial score (nSPS) is 12.6. The lowest BCUT2D eigenvalue weighted by molar-refractivity contribution is -0.143. The second-order valence-corrected chi connectivity index (χ2v) is 25.3. The van der Waals surface area contributed by atoms with Crippen LogP contribution in [0.25, 0.3) is 0 Å². The Kier molecular flexibility index (Phi) is 68.4. The zero-order chi connectivity index (χ0) is 57.8. The first kappa shape index (κ1) is 78.3. The highest BCUT2D eigenvalue weighted by molar-refractivity contribution is 5.76. The van der Waals surface area contributed by atoms with E-state index in [1.165, 1.54) is 327 Å². The molecular weight excluding hydrogens is 983 g/mol. The number of rotatable bonds is 69. The molecule has 0 bridgehead atoms. The third-order valence-electron chi connectivity index (χ3n) is 17.3. The van der Waals surface area contributed by atoms with E-state index in [4.69, 9.17) is 4.74 Å². The van der Waals surface area contributed by atoms with Crippen molar-refractivity contribution in [3.05, 3.63) is 24.3 Å². The van der Waals surface area contributed by atoms with Crippen LogP contribution in [-0.2, 0) is 14.3 Å². The minimum Gasteiger partial charge on any atom is -0.465 e. The van der Waals surface area contributed by atoms with E-state index < -0.39 is 12.1 Å². The van der Waals surface area contributed by atoms with E-state index in [0.717, 1.165) is 51.4 Å². The Balaban J connectivity index is 3.43. The molecule has 474 valence electrons. The number of hydrogen-bond acceptors (Lipinski definition) is 5. The summed E-state index contributed by atoms with van der Waals surface area (Å²) in [5.41, 5.74) is 0. The topological polar surface area (TPSA) is 95.9 Å². The summed E-state index contributed by atoms with van der Waals surface area (Å²) < 4.78 is 5.44. The van der Waals surface area contributed by atoms with Crippen LogP contribution >= 0.6 is 0 Å². The van der Waals surface area contributed by atoms with Gasteiger partial charge >= 0.3 is 5.97 Å². The van der Waals surface area contributed by atoms with Crippen LogP contribution in [0.4, 0.5) is 0 Å². The van der Waals surface area contributed by atoms with Crippen molar-refractivity contribution in [3.8, 4) is 0 Å². The Morgan fingerprint density at radius 2 is 0.625 bits per heavy atom. The van der Waals surface area contributed by atoms with Crippen LogP contribution in [0.5, 0.6) is 0 Å². The van der Waals surface area contributed by atoms with E-state index in [2.05, 4.69) is 43.5 Å². The standard InChI is InChI=1S/C74H143NO5/c1-3-5-7-9-11-13-15-17-19-21-22-23-24-25-26-28-31-35-38-42-46-50-54-58-62-66-72(77)71(70-76)75-73(78)67-63-59-55-51-47-43-39-36-32-29-27-30-33-37-41-45-49-53-57-61-65-69-80-74(79)68-64-60-56-52-48-44-40-34-20-18-16-14-12-10-8-6-4-2/h45,49,57,61,71-72,76-77H,3-44,46-48,50-56,58-60,62-70H2,1-2H3,(H,75,78)/b49-45-,61-57-. The predicted octanol–water partition coefficient (Wildman–Crippen LogP) is 23.7. The predicted molar refractivity (Wildman–Crippen MR) is 352 cm³/mol. The number of nitrogens with one attached hydrogen (secondary N) is 1. The number of ether oxygens (including phenoxy) is 1. The number of amides is 1. The van der Waals surface area contributed by atoms with Gasteiger partial charge in [0.15, 0.2) is 0 Å². The van der Waals surface area contributed by atoms with Gasteiger partial charge in [0.05, 0.1) is 25.4 Å². The van der Waals surface area contributed by atoms with Crippen LogP contribution in [0, 0.1) is 0 Å². The van der Waals surface area contributed by atoms with Gasteiger partial charge in [0, 0.05) is 12.8 Å². The van der Waals surface area contributed by atoms with Crippen molar-refractivity contribution in [3.63, 3.8) is 0 Å². The zero-order valence-electron chi connectivity index (χ0n) is 54.3. The SMILES string of the molecule is CCCCCCCCCCCCCCCCCCCCCCCCCCCC(O)C(CO)NC(=O)CCCCCCCCCCCCCCCC/C=C\C/C=C\CCOC(=O)CCCCCCCCCCCCCCCCCCC. The molecule has 0 saturated carbocycles. The lowest BCUT2D eigenvalue weighted by atomic mass is 10.0. The number of unbranched alkanes of at least 4 members (excludes halogenated alkanes) is 54. The van der Waals surface area contributed by atoms with Gasteiger partial charge < -0.3 is 20.3 Å². The molecule has 80 heavy (non-hydrogen) atoms. The maximum Gasteiger partial charge on any atom is 0.305 e. The number of hydrogen-bond donors (Lipinski definition) is 3. The lowest BCUT2D eigenvalue weighted by Crippen LogP contribution is -2.45. The van der Waals surface area contributed by atoms with Gasteiger partial charge in [0.25, 0.3) is 0 Å². The summed E-state index contributed by atoms with van der Waals surface area (Å²) >= 11 is 0. The van der Waals surface area contributed by atoms with Gasteiger partial charge in [-0.1, -0.05) is 378 Å². The molecule has 0 aliphatic rings. The number of allylic oxidation sites excluding steroid dienone is 3.